The maximum atomic E-state index is 13.6. The van der Waals surface area contributed by atoms with Crippen molar-refractivity contribution in [2.75, 3.05) is 52.5 Å². The van der Waals surface area contributed by atoms with Crippen molar-refractivity contribution in [2.24, 2.45) is 5.73 Å². The molecule has 0 saturated carbocycles. The average molecular weight is 875 g/mol. The first kappa shape index (κ1) is 48.4. The predicted molar refractivity (Wildman–Crippen MR) is 258 cm³/mol. The zero-order valence-electron chi connectivity index (χ0n) is 40.7. The smallest absolute Gasteiger partial charge is 0.257 e. The number of carbonyl (C=O) groups excluding carboxylic acids is 2. The van der Waals surface area contributed by atoms with Gasteiger partial charge in [0.05, 0.1) is 0 Å². The fraction of sp³-hybridized carbons (Fsp3) is 0.519. The molecule has 10 nitrogen and oxygen atoms in total. The molecule has 6 rings (SSSR count). The van der Waals surface area contributed by atoms with Crippen molar-refractivity contribution in [1.29, 1.82) is 0 Å². The van der Waals surface area contributed by atoms with E-state index in [4.69, 9.17) is 15.2 Å². The Balaban J connectivity index is 1.72. The SMILES string of the molecule is CC(C)(C)c1cc2c(O)c(c1)Cc1cc(C(C)(C)C)cc3c1OCC(=O)NCCN(CCN)CCNC(=O)COc1c(cc(C(C)(C)C)cc1Cc1cc(C(C)(C)C)cc(c1O)C3)C2. The van der Waals surface area contributed by atoms with Crippen molar-refractivity contribution in [2.45, 2.75) is 130 Å². The van der Waals surface area contributed by atoms with Gasteiger partial charge in [0.1, 0.15) is 23.0 Å². The molecule has 10 heteroatoms. The minimum absolute atomic E-state index is 0.180. The first-order valence-electron chi connectivity index (χ1n) is 23.1. The summed E-state index contributed by atoms with van der Waals surface area (Å²) in [6, 6.07) is 17.0. The van der Waals surface area contributed by atoms with E-state index in [2.05, 4.69) is 147 Å². The Hall–Kier alpha value is -5.06. The molecule has 4 aromatic carbocycles. The Labute approximate surface area is 382 Å². The summed E-state index contributed by atoms with van der Waals surface area (Å²) in [6.45, 7) is 28.5. The Bertz CT molecular complexity index is 2110. The van der Waals surface area contributed by atoms with Crippen LogP contribution in [0.3, 0.4) is 0 Å². The van der Waals surface area contributed by atoms with E-state index in [9.17, 15) is 19.8 Å². The van der Waals surface area contributed by atoms with Crippen LogP contribution in [0.1, 0.15) is 150 Å². The zero-order valence-corrected chi connectivity index (χ0v) is 40.7. The average Bonchev–Trinajstić information content (AvgIpc) is 3.17. The number of phenols is 2. The number of nitrogens with zero attached hydrogens (tertiary/aromatic N) is 1. The second-order valence-electron chi connectivity index (χ2n) is 22.1. The summed E-state index contributed by atoms with van der Waals surface area (Å²) < 4.78 is 13.4. The normalized spacial score (nSPS) is 16.3. The standard InChI is InChI=1S/C54H74N4O6/c1-51(2,3)41-23-33-19-37-27-43(53(7,8)9)29-39-21-35-25-42(52(4,5)6)26-36(48(35)62)22-40-30-44(54(10,11)12)28-38(20-34(24-41)47(33)61)50(40)64-32-46(60)57-15-18-58(16-13-55)17-14-56-45(59)31-63-49(37)39/h23-30,61-62H,13-22,31-32,55H2,1-12H3,(H,56,59)(H,57,60). The van der Waals surface area contributed by atoms with Gasteiger partial charge in [0, 0.05) is 65.0 Å². The Kier molecular flexibility index (Phi) is 14.2. The van der Waals surface area contributed by atoms with Gasteiger partial charge in [-0.2, -0.15) is 0 Å². The van der Waals surface area contributed by atoms with Crippen molar-refractivity contribution in [3.63, 3.8) is 0 Å². The number of phenolic OH excluding ortho intramolecular Hbond substituents is 2. The molecular formula is C54H74N4O6. The highest BCUT2D eigenvalue weighted by atomic mass is 16.5. The molecule has 4 aromatic rings. The zero-order chi connectivity index (χ0) is 46.9. The summed E-state index contributed by atoms with van der Waals surface area (Å²) in [5, 5.41) is 31.1. The third-order valence-corrected chi connectivity index (χ3v) is 12.6. The van der Waals surface area contributed by atoms with Crippen LogP contribution in [0.4, 0.5) is 0 Å². The van der Waals surface area contributed by atoms with Crippen LogP contribution < -0.4 is 25.8 Å². The molecule has 2 amide bonds. The number of rotatable bonds is 2. The van der Waals surface area contributed by atoms with E-state index in [0.717, 1.165) is 66.8 Å². The minimum atomic E-state index is -0.273. The molecule has 0 spiro atoms. The highest BCUT2D eigenvalue weighted by molar-refractivity contribution is 5.78. The van der Waals surface area contributed by atoms with Crippen molar-refractivity contribution in [3.05, 3.63) is 115 Å². The first-order valence-corrected chi connectivity index (χ1v) is 23.1. The van der Waals surface area contributed by atoms with Crippen LogP contribution in [0.25, 0.3) is 0 Å². The molecule has 6 N–H and O–H groups in total. The molecule has 0 radical (unpaired) electrons. The fourth-order valence-electron chi connectivity index (χ4n) is 8.62. The molecule has 0 fully saturated rings. The molecule has 1 heterocycles. The summed E-state index contributed by atoms with van der Waals surface area (Å²) in [4.78, 5) is 29.4. The third-order valence-electron chi connectivity index (χ3n) is 12.6. The molecule has 0 aromatic heterocycles. The third kappa shape index (κ3) is 11.6. The highest BCUT2D eigenvalue weighted by Crippen LogP contribution is 2.43. The molecule has 0 atom stereocenters. The van der Waals surface area contributed by atoms with Gasteiger partial charge in [-0.3, -0.25) is 14.5 Å². The number of nitrogens with one attached hydrogen (secondary N) is 2. The number of ether oxygens (including phenoxy) is 2. The highest BCUT2D eigenvalue weighted by Gasteiger charge is 2.29. The van der Waals surface area contributed by atoms with Crippen LogP contribution in [-0.2, 0) is 56.9 Å². The summed E-state index contributed by atoms with van der Waals surface area (Å²) in [7, 11) is 0. The Morgan fingerprint density at radius 3 is 1.02 bits per heavy atom. The monoisotopic (exact) mass is 875 g/mol. The number of fused-ring (bicyclic) bond motifs is 2. The molecule has 10 bridgehead atoms. The number of aromatic hydroxyl groups is 2. The molecule has 64 heavy (non-hydrogen) atoms. The van der Waals surface area contributed by atoms with Gasteiger partial charge >= 0.3 is 0 Å². The first-order chi connectivity index (χ1) is 29.8. The molecule has 0 unspecified atom stereocenters. The second kappa shape index (κ2) is 18.8. The lowest BCUT2D eigenvalue weighted by atomic mass is 9.79. The molecule has 2 aliphatic rings. The summed E-state index contributed by atoms with van der Waals surface area (Å²) in [5.41, 5.74) is 15.5. The second-order valence-corrected chi connectivity index (χ2v) is 22.1. The Morgan fingerprint density at radius 1 is 0.500 bits per heavy atom. The van der Waals surface area contributed by atoms with Gasteiger partial charge in [0.2, 0.25) is 0 Å². The van der Waals surface area contributed by atoms with Gasteiger partial charge in [-0.05, 0) is 88.4 Å². The largest absolute Gasteiger partial charge is 0.507 e. The lowest BCUT2D eigenvalue weighted by molar-refractivity contribution is -0.123. The van der Waals surface area contributed by atoms with Gasteiger partial charge in [-0.25, -0.2) is 0 Å². The molecular weight excluding hydrogens is 801 g/mol. The van der Waals surface area contributed by atoms with Crippen LogP contribution in [0.15, 0.2) is 48.5 Å². The number of carbonyl (C=O) groups is 2. The lowest BCUT2D eigenvalue weighted by Crippen LogP contribution is -2.43. The van der Waals surface area contributed by atoms with Crippen molar-refractivity contribution in [1.82, 2.24) is 15.5 Å². The number of benzene rings is 4. The number of hydrogen-bond donors (Lipinski definition) is 5. The van der Waals surface area contributed by atoms with E-state index in [-0.39, 0.29) is 58.2 Å². The molecule has 1 aliphatic heterocycles. The maximum Gasteiger partial charge on any atom is 0.257 e. The van der Waals surface area contributed by atoms with Gasteiger partial charge < -0.3 is 36.1 Å². The Morgan fingerprint density at radius 2 is 0.766 bits per heavy atom. The topological polar surface area (TPSA) is 146 Å². The lowest BCUT2D eigenvalue weighted by Gasteiger charge is -2.28. The van der Waals surface area contributed by atoms with Crippen LogP contribution in [-0.4, -0.2) is 79.4 Å². The van der Waals surface area contributed by atoms with E-state index in [0.29, 0.717) is 76.5 Å². The molecule has 0 saturated heterocycles. The van der Waals surface area contributed by atoms with Gasteiger partial charge in [-0.15, -0.1) is 0 Å². The van der Waals surface area contributed by atoms with E-state index < -0.39 is 0 Å². The van der Waals surface area contributed by atoms with E-state index in [1.165, 1.54) is 0 Å². The van der Waals surface area contributed by atoms with Crippen molar-refractivity contribution in [3.8, 4) is 23.0 Å². The molecule has 346 valence electrons. The predicted octanol–water partition coefficient (Wildman–Crippen LogP) is 8.23. The van der Waals surface area contributed by atoms with E-state index in [1.807, 2.05) is 0 Å². The number of amides is 2. The summed E-state index contributed by atoms with van der Waals surface area (Å²) in [6.07, 6.45) is 1.28. The van der Waals surface area contributed by atoms with Crippen molar-refractivity contribution >= 4 is 11.8 Å². The van der Waals surface area contributed by atoms with Crippen molar-refractivity contribution < 1.29 is 29.3 Å². The molecule has 1 aliphatic carbocycles. The quantitative estimate of drug-likeness (QED) is 0.119. The van der Waals surface area contributed by atoms with Crippen LogP contribution >= 0.6 is 0 Å². The van der Waals surface area contributed by atoms with Gasteiger partial charge in [0.15, 0.2) is 13.2 Å². The van der Waals surface area contributed by atoms with Crippen LogP contribution in [0, 0.1) is 0 Å². The van der Waals surface area contributed by atoms with E-state index >= 15 is 0 Å². The summed E-state index contributed by atoms with van der Waals surface area (Å²) >= 11 is 0. The minimum Gasteiger partial charge on any atom is -0.507 e. The van der Waals surface area contributed by atoms with Crippen LogP contribution in [0.2, 0.25) is 0 Å². The van der Waals surface area contributed by atoms with Gasteiger partial charge in [-0.1, -0.05) is 132 Å². The summed E-state index contributed by atoms with van der Waals surface area (Å²) in [5.74, 6) is 0.950. The fourth-order valence-corrected chi connectivity index (χ4v) is 8.62. The van der Waals surface area contributed by atoms with E-state index in [1.54, 1.807) is 0 Å². The van der Waals surface area contributed by atoms with Gasteiger partial charge in [0.25, 0.3) is 11.8 Å². The number of hydrogen-bond acceptors (Lipinski definition) is 8. The number of nitrogens with two attached hydrogens (primary N) is 1. The maximum absolute atomic E-state index is 13.6. The van der Waals surface area contributed by atoms with Crippen LogP contribution in [0.5, 0.6) is 23.0 Å².